The van der Waals surface area contributed by atoms with Gasteiger partial charge in [-0.2, -0.15) is 0 Å². The summed E-state index contributed by atoms with van der Waals surface area (Å²) >= 11 is 0. The Morgan fingerprint density at radius 3 is 3.00 bits per heavy atom. The van der Waals surface area contributed by atoms with Crippen LogP contribution in [0.1, 0.15) is 0 Å². The van der Waals surface area contributed by atoms with E-state index in [0.717, 1.165) is 0 Å². The number of methoxy groups -OCH3 is 1. The molecule has 1 aromatic rings. The average molecular weight is 211 g/mol. The highest BCUT2D eigenvalue weighted by Crippen LogP contribution is 2.27. The first-order chi connectivity index (χ1) is 6.70. The molecule has 0 aromatic heterocycles. The molecule has 1 unspecified atom stereocenters. The molecule has 4 nitrogen and oxygen atoms in total. The lowest BCUT2D eigenvalue weighted by Gasteiger charge is -2.16. The van der Waals surface area contributed by atoms with Crippen LogP contribution < -0.4 is 10.1 Å². The molecule has 0 radical (unpaired) electrons. The third kappa shape index (κ3) is 1.50. The largest absolute Gasteiger partial charge is 0.497 e. The van der Waals surface area contributed by atoms with Crippen LogP contribution in [0, 0.1) is 0 Å². The van der Waals surface area contributed by atoms with Crippen LogP contribution >= 0.6 is 0 Å². The molecule has 0 aliphatic carbocycles. The summed E-state index contributed by atoms with van der Waals surface area (Å²) in [6.45, 7) is 0. The summed E-state index contributed by atoms with van der Waals surface area (Å²) in [5, 5.41) is 2.65. The molecule has 0 saturated heterocycles. The minimum absolute atomic E-state index is 0.0279. The van der Waals surface area contributed by atoms with E-state index >= 15 is 0 Å². The van der Waals surface area contributed by atoms with Gasteiger partial charge in [-0.25, -0.2) is 0 Å². The van der Waals surface area contributed by atoms with E-state index in [0.29, 0.717) is 16.3 Å². The van der Waals surface area contributed by atoms with Crippen LogP contribution in [0.4, 0.5) is 5.69 Å². The van der Waals surface area contributed by atoms with Crippen molar-refractivity contribution in [2.24, 2.45) is 0 Å². The van der Waals surface area contributed by atoms with Gasteiger partial charge in [-0.15, -0.1) is 0 Å². The molecule has 1 aliphatic rings. The Kier molecular flexibility index (Phi) is 2.25. The molecule has 1 amide bonds. The molecular formula is C9H9NO3S. The van der Waals surface area contributed by atoms with Crippen molar-refractivity contribution >= 4 is 22.4 Å². The number of hydrogen-bond donors (Lipinski definition) is 1. The van der Waals surface area contributed by atoms with E-state index in [1.54, 1.807) is 25.3 Å². The van der Waals surface area contributed by atoms with E-state index in [1.807, 2.05) is 0 Å². The number of hydrogen-bond acceptors (Lipinski definition) is 3. The number of rotatable bonds is 1. The summed E-state index contributed by atoms with van der Waals surface area (Å²) < 4.78 is 16.6. The topological polar surface area (TPSA) is 55.4 Å². The van der Waals surface area contributed by atoms with Crippen LogP contribution in [0.15, 0.2) is 23.1 Å². The lowest BCUT2D eigenvalue weighted by atomic mass is 10.3. The third-order valence-corrected chi connectivity index (χ3v) is 3.32. The summed E-state index contributed by atoms with van der Waals surface area (Å²) in [6, 6.07) is 5.11. The molecule has 2 rings (SSSR count). The van der Waals surface area contributed by atoms with Gasteiger partial charge in [0.15, 0.2) is 0 Å². The maximum Gasteiger partial charge on any atom is 0.237 e. The van der Waals surface area contributed by atoms with Crippen LogP contribution in [0.3, 0.4) is 0 Å². The normalized spacial score (nSPS) is 19.8. The minimum atomic E-state index is -1.25. The predicted molar refractivity (Wildman–Crippen MR) is 52.9 cm³/mol. The number of carbonyl (C=O) groups is 1. The Bertz CT molecular complexity index is 417. The van der Waals surface area contributed by atoms with Crippen LogP contribution in [0.25, 0.3) is 0 Å². The first-order valence-electron chi connectivity index (χ1n) is 4.07. The zero-order valence-corrected chi connectivity index (χ0v) is 8.39. The van der Waals surface area contributed by atoms with Crippen LogP contribution in [0.2, 0.25) is 0 Å². The summed E-state index contributed by atoms with van der Waals surface area (Å²) in [7, 11) is 0.299. The Morgan fingerprint density at radius 2 is 2.29 bits per heavy atom. The number of benzene rings is 1. The quantitative estimate of drug-likeness (QED) is 0.746. The van der Waals surface area contributed by atoms with Crippen molar-refractivity contribution in [3.05, 3.63) is 18.2 Å². The van der Waals surface area contributed by atoms with Gasteiger partial charge >= 0.3 is 0 Å². The average Bonchev–Trinajstić information content (AvgIpc) is 2.17. The molecule has 1 aliphatic heterocycles. The monoisotopic (exact) mass is 211 g/mol. The number of fused-ring (bicyclic) bond motifs is 1. The molecular weight excluding hydrogens is 202 g/mol. The highest BCUT2D eigenvalue weighted by Gasteiger charge is 2.21. The van der Waals surface area contributed by atoms with E-state index in [1.165, 1.54) is 0 Å². The summed E-state index contributed by atoms with van der Waals surface area (Å²) in [4.78, 5) is 11.7. The molecule has 1 atom stereocenters. The smallest absolute Gasteiger partial charge is 0.237 e. The van der Waals surface area contributed by atoms with E-state index in [9.17, 15) is 9.00 Å². The van der Waals surface area contributed by atoms with Crippen molar-refractivity contribution in [1.29, 1.82) is 0 Å². The van der Waals surface area contributed by atoms with Gasteiger partial charge in [0.05, 0.1) is 28.5 Å². The first kappa shape index (κ1) is 9.21. The van der Waals surface area contributed by atoms with Crippen molar-refractivity contribution in [2.75, 3.05) is 18.2 Å². The van der Waals surface area contributed by atoms with Crippen molar-refractivity contribution in [1.82, 2.24) is 0 Å². The Labute approximate surface area is 83.7 Å². The van der Waals surface area contributed by atoms with Crippen LogP contribution in [-0.4, -0.2) is 23.0 Å². The summed E-state index contributed by atoms with van der Waals surface area (Å²) in [5.74, 6) is 0.467. The molecule has 1 aromatic carbocycles. The second kappa shape index (κ2) is 3.42. The lowest BCUT2D eigenvalue weighted by molar-refractivity contribution is -0.113. The number of carbonyl (C=O) groups excluding carboxylic acids is 1. The van der Waals surface area contributed by atoms with Gasteiger partial charge in [0.25, 0.3) is 0 Å². The van der Waals surface area contributed by atoms with E-state index in [4.69, 9.17) is 4.74 Å². The molecule has 0 bridgehead atoms. The standard InChI is InChI=1S/C9H9NO3S/c1-13-6-2-3-7-8(4-6)14(12)5-9(11)10-7/h2-4H,5H2,1H3,(H,10,11). The van der Waals surface area contributed by atoms with Gasteiger partial charge in [-0.05, 0) is 18.2 Å². The predicted octanol–water partition coefficient (Wildman–Crippen LogP) is 0.755. The fraction of sp³-hybridized carbons (Fsp3) is 0.222. The van der Waals surface area contributed by atoms with Crippen LogP contribution in [-0.2, 0) is 15.6 Å². The summed E-state index contributed by atoms with van der Waals surface area (Å²) in [6.07, 6.45) is 0. The Balaban J connectivity index is 2.49. The fourth-order valence-corrected chi connectivity index (χ4v) is 2.38. The van der Waals surface area contributed by atoms with Crippen molar-refractivity contribution < 1.29 is 13.7 Å². The molecule has 0 fully saturated rings. The minimum Gasteiger partial charge on any atom is -0.497 e. The van der Waals surface area contributed by atoms with E-state index in [-0.39, 0.29) is 11.7 Å². The zero-order valence-electron chi connectivity index (χ0n) is 7.57. The number of ether oxygens (including phenoxy) is 1. The summed E-state index contributed by atoms with van der Waals surface area (Å²) in [5.41, 5.74) is 0.611. The van der Waals surface area contributed by atoms with Gasteiger partial charge in [0.2, 0.25) is 5.91 Å². The maximum atomic E-state index is 11.6. The van der Waals surface area contributed by atoms with Gasteiger partial charge in [0.1, 0.15) is 11.5 Å². The SMILES string of the molecule is COc1ccc2c(c1)S(=O)CC(=O)N2. The van der Waals surface area contributed by atoms with E-state index in [2.05, 4.69) is 5.32 Å². The molecule has 1 N–H and O–H groups in total. The molecule has 14 heavy (non-hydrogen) atoms. The van der Waals surface area contributed by atoms with Crippen molar-refractivity contribution in [3.8, 4) is 5.75 Å². The van der Waals surface area contributed by atoms with E-state index < -0.39 is 10.8 Å². The van der Waals surface area contributed by atoms with Gasteiger partial charge in [0, 0.05) is 0 Å². The van der Waals surface area contributed by atoms with Gasteiger partial charge in [-0.3, -0.25) is 9.00 Å². The highest BCUT2D eigenvalue weighted by molar-refractivity contribution is 7.86. The molecule has 5 heteroatoms. The number of anilines is 1. The lowest BCUT2D eigenvalue weighted by Crippen LogP contribution is -2.25. The van der Waals surface area contributed by atoms with Crippen molar-refractivity contribution in [3.63, 3.8) is 0 Å². The Morgan fingerprint density at radius 1 is 1.50 bits per heavy atom. The maximum absolute atomic E-state index is 11.6. The van der Waals surface area contributed by atoms with Crippen LogP contribution in [0.5, 0.6) is 5.75 Å². The molecule has 1 heterocycles. The Hall–Kier alpha value is -1.36. The number of amides is 1. The zero-order chi connectivity index (χ0) is 10.1. The second-order valence-corrected chi connectivity index (χ2v) is 4.32. The second-order valence-electron chi connectivity index (χ2n) is 2.90. The molecule has 0 saturated carbocycles. The molecule has 74 valence electrons. The van der Waals surface area contributed by atoms with Gasteiger partial charge in [-0.1, -0.05) is 0 Å². The molecule has 0 spiro atoms. The first-order valence-corrected chi connectivity index (χ1v) is 5.39. The van der Waals surface area contributed by atoms with Gasteiger partial charge < -0.3 is 10.1 Å². The highest BCUT2D eigenvalue weighted by atomic mass is 32.2. The number of nitrogens with one attached hydrogen (secondary N) is 1. The fourth-order valence-electron chi connectivity index (χ4n) is 1.30. The third-order valence-electron chi connectivity index (χ3n) is 1.97. The van der Waals surface area contributed by atoms with Crippen molar-refractivity contribution in [2.45, 2.75) is 4.90 Å².